The number of carbonyl (C=O) groups is 1. The number of ether oxygens (including phenoxy) is 1. The summed E-state index contributed by atoms with van der Waals surface area (Å²) in [6, 6.07) is 23.7. The van der Waals surface area contributed by atoms with E-state index in [1.54, 1.807) is 6.21 Å². The Bertz CT molecular complexity index is 947. The molecule has 0 radical (unpaired) electrons. The number of rotatable bonds is 6. The minimum atomic E-state index is -0.304. The highest BCUT2D eigenvalue weighted by Crippen LogP contribution is 2.20. The van der Waals surface area contributed by atoms with E-state index in [2.05, 4.69) is 10.5 Å². The number of benzene rings is 3. The van der Waals surface area contributed by atoms with Crippen molar-refractivity contribution in [3.63, 3.8) is 0 Å². The molecule has 0 heterocycles. The topological polar surface area (TPSA) is 50.7 Å². The lowest BCUT2D eigenvalue weighted by Crippen LogP contribution is -2.24. The number of hydrogen-bond acceptors (Lipinski definition) is 3. The van der Waals surface area contributed by atoms with Crippen molar-refractivity contribution in [2.24, 2.45) is 5.10 Å². The Kier molecular flexibility index (Phi) is 5.78. The van der Waals surface area contributed by atoms with Gasteiger partial charge in [0.15, 0.2) is 6.61 Å². The predicted octanol–water partition coefficient (Wildman–Crippen LogP) is 4.42. The Morgan fingerprint density at radius 1 is 1.00 bits per heavy atom. The van der Waals surface area contributed by atoms with Gasteiger partial charge in [-0.25, -0.2) is 5.43 Å². The van der Waals surface area contributed by atoms with Gasteiger partial charge in [0.2, 0.25) is 0 Å². The molecule has 0 saturated carbocycles. The van der Waals surface area contributed by atoms with Crippen LogP contribution in [0, 0.1) is 0 Å². The minimum Gasteiger partial charge on any atom is -0.484 e. The highest BCUT2D eigenvalue weighted by Gasteiger charge is 2.02. The van der Waals surface area contributed by atoms with E-state index < -0.39 is 0 Å². The maximum absolute atomic E-state index is 11.9. The number of hydrazone groups is 1. The Morgan fingerprint density at radius 2 is 1.73 bits per heavy atom. The highest BCUT2D eigenvalue weighted by molar-refractivity contribution is 5.86. The van der Waals surface area contributed by atoms with Crippen molar-refractivity contribution < 1.29 is 9.53 Å². The van der Waals surface area contributed by atoms with E-state index in [-0.39, 0.29) is 12.5 Å². The van der Waals surface area contributed by atoms with Gasteiger partial charge in [0.05, 0.1) is 6.21 Å². The first-order valence-electron chi connectivity index (χ1n) is 8.37. The zero-order chi connectivity index (χ0) is 18.2. The molecule has 0 aromatic heterocycles. The summed E-state index contributed by atoms with van der Waals surface area (Å²) in [7, 11) is 0. The van der Waals surface area contributed by atoms with Crippen LogP contribution in [0.3, 0.4) is 0 Å². The molecule has 3 aromatic rings. The van der Waals surface area contributed by atoms with Gasteiger partial charge in [-0.3, -0.25) is 4.79 Å². The van der Waals surface area contributed by atoms with Gasteiger partial charge in [-0.2, -0.15) is 5.10 Å². The molecular formula is C22H20N2O2. The number of carbonyl (C=O) groups excluding carboxylic acids is 1. The van der Waals surface area contributed by atoms with Crippen LogP contribution in [0.4, 0.5) is 0 Å². The summed E-state index contributed by atoms with van der Waals surface area (Å²) in [4.78, 5) is 11.9. The summed E-state index contributed by atoms with van der Waals surface area (Å²) in [6.45, 7) is 1.84. The summed E-state index contributed by atoms with van der Waals surface area (Å²) >= 11 is 0. The van der Waals surface area contributed by atoms with Crippen molar-refractivity contribution in [3.8, 4) is 5.75 Å². The van der Waals surface area contributed by atoms with E-state index in [0.717, 1.165) is 21.9 Å². The number of nitrogens with one attached hydrogen (secondary N) is 1. The van der Waals surface area contributed by atoms with Gasteiger partial charge in [0.25, 0.3) is 5.91 Å². The summed E-state index contributed by atoms with van der Waals surface area (Å²) in [5, 5.41) is 6.16. The number of fused-ring (bicyclic) bond motifs is 1. The molecule has 130 valence electrons. The van der Waals surface area contributed by atoms with Crippen LogP contribution < -0.4 is 10.2 Å². The fourth-order valence-electron chi connectivity index (χ4n) is 2.49. The quantitative estimate of drug-likeness (QED) is 0.531. The van der Waals surface area contributed by atoms with E-state index in [0.29, 0.717) is 5.75 Å². The van der Waals surface area contributed by atoms with E-state index in [9.17, 15) is 4.79 Å². The third kappa shape index (κ3) is 5.05. The molecule has 3 rings (SSSR count). The van der Waals surface area contributed by atoms with E-state index >= 15 is 0 Å². The molecule has 0 atom stereocenters. The number of hydrogen-bond donors (Lipinski definition) is 1. The van der Waals surface area contributed by atoms with Crippen LogP contribution in [0.1, 0.15) is 12.5 Å². The Hall–Kier alpha value is -3.40. The van der Waals surface area contributed by atoms with Crippen molar-refractivity contribution >= 4 is 29.0 Å². The van der Waals surface area contributed by atoms with Crippen LogP contribution in [-0.4, -0.2) is 18.7 Å². The Morgan fingerprint density at radius 3 is 2.54 bits per heavy atom. The average molecular weight is 344 g/mol. The van der Waals surface area contributed by atoms with Crippen molar-refractivity contribution in [3.05, 3.63) is 83.9 Å². The van der Waals surface area contributed by atoms with Gasteiger partial charge < -0.3 is 4.74 Å². The summed E-state index contributed by atoms with van der Waals surface area (Å²) in [5.41, 5.74) is 4.49. The second kappa shape index (κ2) is 8.62. The molecule has 1 N–H and O–H groups in total. The number of nitrogens with zero attached hydrogens (tertiary/aromatic N) is 1. The lowest BCUT2D eigenvalue weighted by Gasteiger charge is -2.06. The van der Waals surface area contributed by atoms with Crippen LogP contribution in [0.15, 0.2) is 83.5 Å². The number of allylic oxidation sites excluding steroid dienone is 1. The molecule has 0 fully saturated rings. The van der Waals surface area contributed by atoms with Gasteiger partial charge in [-0.1, -0.05) is 66.7 Å². The first-order valence-corrected chi connectivity index (χ1v) is 8.37. The van der Waals surface area contributed by atoms with Crippen LogP contribution in [0.25, 0.3) is 16.8 Å². The third-order valence-electron chi connectivity index (χ3n) is 3.74. The first-order chi connectivity index (χ1) is 12.7. The molecule has 1 amide bonds. The monoisotopic (exact) mass is 344 g/mol. The average Bonchev–Trinajstić information content (AvgIpc) is 2.67. The second-order valence-corrected chi connectivity index (χ2v) is 5.89. The molecule has 0 aliphatic carbocycles. The highest BCUT2D eigenvalue weighted by atomic mass is 16.5. The van der Waals surface area contributed by atoms with Gasteiger partial charge in [0, 0.05) is 0 Å². The van der Waals surface area contributed by atoms with Crippen molar-refractivity contribution in [1.82, 2.24) is 5.43 Å². The largest absolute Gasteiger partial charge is 0.484 e. The zero-order valence-electron chi connectivity index (χ0n) is 14.6. The smallest absolute Gasteiger partial charge is 0.277 e. The van der Waals surface area contributed by atoms with Gasteiger partial charge in [0.1, 0.15) is 5.75 Å². The summed E-state index contributed by atoms with van der Waals surface area (Å²) in [6.07, 6.45) is 3.60. The second-order valence-electron chi connectivity index (χ2n) is 5.89. The molecule has 0 aliphatic rings. The molecule has 0 bridgehead atoms. The molecule has 26 heavy (non-hydrogen) atoms. The normalized spacial score (nSPS) is 11.7. The maximum atomic E-state index is 11.9. The van der Waals surface area contributed by atoms with Gasteiger partial charge in [-0.15, -0.1) is 0 Å². The fraction of sp³-hybridized carbons (Fsp3) is 0.0909. The Balaban J connectivity index is 1.49. The minimum absolute atomic E-state index is 0.0862. The standard InChI is InChI=1S/C22H20N2O2/c1-17(13-18-7-3-2-4-8-18)15-23-24-22(25)16-26-21-12-11-19-9-5-6-10-20(19)14-21/h2-15H,16H2,1H3,(H,24,25)/b17-13-,23-15-. The first kappa shape index (κ1) is 17.4. The number of amides is 1. The third-order valence-corrected chi connectivity index (χ3v) is 3.74. The van der Waals surface area contributed by atoms with Gasteiger partial charge in [-0.05, 0) is 41.0 Å². The van der Waals surface area contributed by atoms with Crippen molar-refractivity contribution in [1.29, 1.82) is 0 Å². The SMILES string of the molecule is CC(/C=N\NC(=O)COc1ccc2ccccc2c1)=C/c1ccccc1. The zero-order valence-corrected chi connectivity index (χ0v) is 14.6. The fourth-order valence-corrected chi connectivity index (χ4v) is 2.49. The summed E-state index contributed by atoms with van der Waals surface area (Å²) in [5.74, 6) is 0.352. The predicted molar refractivity (Wildman–Crippen MR) is 106 cm³/mol. The van der Waals surface area contributed by atoms with E-state index in [4.69, 9.17) is 4.74 Å². The van der Waals surface area contributed by atoms with Gasteiger partial charge >= 0.3 is 0 Å². The molecule has 4 nitrogen and oxygen atoms in total. The van der Waals surface area contributed by atoms with E-state index in [1.807, 2.05) is 85.8 Å². The van der Waals surface area contributed by atoms with Crippen LogP contribution >= 0.6 is 0 Å². The molecule has 0 aliphatic heterocycles. The van der Waals surface area contributed by atoms with Crippen LogP contribution in [0.2, 0.25) is 0 Å². The molecular weight excluding hydrogens is 324 g/mol. The van der Waals surface area contributed by atoms with Crippen molar-refractivity contribution in [2.45, 2.75) is 6.92 Å². The molecule has 4 heteroatoms. The lowest BCUT2D eigenvalue weighted by atomic mass is 10.1. The Labute approximate surface area is 152 Å². The van der Waals surface area contributed by atoms with Crippen LogP contribution in [0.5, 0.6) is 5.75 Å². The molecule has 3 aromatic carbocycles. The molecule has 0 spiro atoms. The maximum Gasteiger partial charge on any atom is 0.277 e. The lowest BCUT2D eigenvalue weighted by molar-refractivity contribution is -0.123. The molecule has 0 saturated heterocycles. The van der Waals surface area contributed by atoms with Crippen molar-refractivity contribution in [2.75, 3.05) is 6.61 Å². The van der Waals surface area contributed by atoms with Crippen LogP contribution in [-0.2, 0) is 4.79 Å². The van der Waals surface area contributed by atoms with E-state index in [1.165, 1.54) is 0 Å². The summed E-state index contributed by atoms with van der Waals surface area (Å²) < 4.78 is 5.53. The molecule has 0 unspecified atom stereocenters.